The molecule has 26 heavy (non-hydrogen) atoms. The highest BCUT2D eigenvalue weighted by Crippen LogP contribution is 2.24. The molecule has 1 N–H and O–H groups in total. The quantitative estimate of drug-likeness (QED) is 0.780. The highest BCUT2D eigenvalue weighted by Gasteiger charge is 2.17. The Bertz CT molecular complexity index is 890. The topological polar surface area (TPSA) is 71.8 Å². The number of nitrogens with zero attached hydrogens (tertiary/aromatic N) is 6. The minimum atomic E-state index is 0.483. The molecule has 0 bridgehead atoms. The molecule has 1 aromatic carbocycles. The third-order valence-electron chi connectivity index (χ3n) is 5.45. The molecule has 1 saturated carbocycles. The van der Waals surface area contributed by atoms with E-state index in [-0.39, 0.29) is 0 Å². The van der Waals surface area contributed by atoms with Crippen LogP contribution in [0.15, 0.2) is 30.5 Å². The van der Waals surface area contributed by atoms with Gasteiger partial charge in [-0.1, -0.05) is 18.1 Å². The first-order chi connectivity index (χ1) is 12.9. The third-order valence-corrected chi connectivity index (χ3v) is 5.45. The van der Waals surface area contributed by atoms with Crippen molar-refractivity contribution in [3.8, 4) is 5.69 Å². The second-order valence-electron chi connectivity index (χ2n) is 7.24. The average Bonchev–Trinajstić information content (AvgIpc) is 3.43. The number of aromatic nitrogens is 5. The lowest BCUT2D eigenvalue weighted by Crippen LogP contribution is -2.17. The average molecular weight is 349 g/mol. The van der Waals surface area contributed by atoms with Crippen molar-refractivity contribution in [2.45, 2.75) is 44.6 Å². The summed E-state index contributed by atoms with van der Waals surface area (Å²) in [5.74, 6) is 0.668. The number of hydrogen-bond acceptors (Lipinski definition) is 6. The fourth-order valence-corrected chi connectivity index (χ4v) is 4.00. The molecule has 0 radical (unpaired) electrons. The number of hydrogen-bond donors (Lipinski definition) is 1. The molecule has 1 saturated heterocycles. The molecule has 0 unspecified atom stereocenters. The smallest absolute Gasteiger partial charge is 0.225 e. The van der Waals surface area contributed by atoms with E-state index in [1.807, 2.05) is 0 Å². The van der Waals surface area contributed by atoms with Gasteiger partial charge in [-0.15, -0.1) is 5.10 Å². The van der Waals surface area contributed by atoms with E-state index >= 15 is 0 Å². The van der Waals surface area contributed by atoms with E-state index in [0.717, 1.165) is 24.4 Å². The van der Waals surface area contributed by atoms with Crippen LogP contribution in [0.4, 0.5) is 11.6 Å². The van der Waals surface area contributed by atoms with Gasteiger partial charge < -0.3 is 10.2 Å². The first kappa shape index (κ1) is 15.5. The van der Waals surface area contributed by atoms with E-state index in [1.165, 1.54) is 44.2 Å². The van der Waals surface area contributed by atoms with Crippen molar-refractivity contribution in [3.63, 3.8) is 0 Å². The molecular weight excluding hydrogens is 326 g/mol. The summed E-state index contributed by atoms with van der Waals surface area (Å²) in [7, 11) is 0. The van der Waals surface area contributed by atoms with Crippen molar-refractivity contribution in [3.05, 3.63) is 30.5 Å². The number of nitrogens with one attached hydrogen (secondary N) is 1. The lowest BCUT2D eigenvalue weighted by atomic mass is 10.2. The van der Waals surface area contributed by atoms with Crippen molar-refractivity contribution in [1.29, 1.82) is 0 Å². The summed E-state index contributed by atoms with van der Waals surface area (Å²) < 4.78 is 1.80. The molecule has 0 amide bonds. The van der Waals surface area contributed by atoms with Crippen LogP contribution < -0.4 is 10.2 Å². The predicted octanol–water partition coefficient (Wildman–Crippen LogP) is 3.17. The van der Waals surface area contributed by atoms with Crippen molar-refractivity contribution in [1.82, 2.24) is 25.0 Å². The van der Waals surface area contributed by atoms with E-state index in [0.29, 0.717) is 17.5 Å². The monoisotopic (exact) mass is 349 g/mol. The summed E-state index contributed by atoms with van der Waals surface area (Å²) in [6, 6.07) is 8.98. The van der Waals surface area contributed by atoms with Crippen molar-refractivity contribution < 1.29 is 0 Å². The molecule has 2 aliphatic rings. The molecule has 2 aromatic heterocycles. The normalized spacial score (nSPS) is 18.1. The Kier molecular flexibility index (Phi) is 3.92. The molecule has 3 aromatic rings. The zero-order chi connectivity index (χ0) is 17.3. The Balaban J connectivity index is 1.44. The predicted molar refractivity (Wildman–Crippen MR) is 102 cm³/mol. The molecule has 7 heteroatoms. The third kappa shape index (κ3) is 2.87. The number of anilines is 2. The van der Waals surface area contributed by atoms with Crippen molar-refractivity contribution >= 4 is 22.8 Å². The van der Waals surface area contributed by atoms with Crippen LogP contribution in [-0.2, 0) is 0 Å². The highest BCUT2D eigenvalue weighted by molar-refractivity contribution is 5.72. The van der Waals surface area contributed by atoms with Crippen LogP contribution in [0.1, 0.15) is 38.5 Å². The largest absolute Gasteiger partial charge is 0.372 e. The summed E-state index contributed by atoms with van der Waals surface area (Å²) in [5.41, 5.74) is 3.70. The minimum absolute atomic E-state index is 0.483. The van der Waals surface area contributed by atoms with Crippen LogP contribution in [0.2, 0.25) is 0 Å². The Morgan fingerprint density at radius 3 is 2.42 bits per heavy atom. The summed E-state index contributed by atoms with van der Waals surface area (Å²) in [5, 5.41) is 12.0. The molecule has 2 fully saturated rings. The Labute approximate surface area is 152 Å². The summed E-state index contributed by atoms with van der Waals surface area (Å²) in [6.07, 6.45) is 9.26. The van der Waals surface area contributed by atoms with Crippen LogP contribution >= 0.6 is 0 Å². The molecule has 1 aliphatic heterocycles. The van der Waals surface area contributed by atoms with E-state index < -0.39 is 0 Å². The van der Waals surface area contributed by atoms with Gasteiger partial charge in [-0.3, -0.25) is 0 Å². The van der Waals surface area contributed by atoms with Gasteiger partial charge in [-0.25, -0.2) is 4.98 Å². The maximum absolute atomic E-state index is 4.68. The number of fused-ring (bicyclic) bond motifs is 1. The molecule has 0 atom stereocenters. The van der Waals surface area contributed by atoms with Gasteiger partial charge in [0, 0.05) is 24.8 Å². The van der Waals surface area contributed by atoms with Gasteiger partial charge in [0.1, 0.15) is 0 Å². The standard InChI is InChI=1S/C19H23N7/c1-2-6-14(5-1)21-19-20-13-17-18(22-19)26(24-23-17)16-9-7-15(8-10-16)25-11-3-4-12-25/h7-10,13-14H,1-6,11-12H2,(H,20,21,22). The van der Waals surface area contributed by atoms with E-state index in [9.17, 15) is 0 Å². The van der Waals surface area contributed by atoms with Gasteiger partial charge in [0.15, 0.2) is 11.2 Å². The van der Waals surface area contributed by atoms with Gasteiger partial charge in [-0.2, -0.15) is 9.67 Å². The first-order valence-electron chi connectivity index (χ1n) is 9.57. The van der Waals surface area contributed by atoms with Gasteiger partial charge in [0.05, 0.1) is 11.9 Å². The van der Waals surface area contributed by atoms with Gasteiger partial charge >= 0.3 is 0 Å². The molecule has 0 spiro atoms. The molecule has 134 valence electrons. The van der Waals surface area contributed by atoms with Gasteiger partial charge in [0.25, 0.3) is 0 Å². The number of rotatable bonds is 4. The molecule has 3 heterocycles. The van der Waals surface area contributed by atoms with Crippen LogP contribution in [0.3, 0.4) is 0 Å². The zero-order valence-electron chi connectivity index (χ0n) is 14.8. The zero-order valence-corrected chi connectivity index (χ0v) is 14.8. The SMILES string of the molecule is c1cc(-n2nnc3cnc(NC4CCCC4)nc32)ccc1N1CCCC1. The van der Waals surface area contributed by atoms with E-state index in [1.54, 1.807) is 10.9 Å². The number of benzene rings is 1. The van der Waals surface area contributed by atoms with Crippen LogP contribution in [0, 0.1) is 0 Å². The second-order valence-corrected chi connectivity index (χ2v) is 7.24. The fourth-order valence-electron chi connectivity index (χ4n) is 4.00. The Morgan fingerprint density at radius 2 is 1.65 bits per heavy atom. The van der Waals surface area contributed by atoms with Crippen molar-refractivity contribution in [2.24, 2.45) is 0 Å². The highest BCUT2D eigenvalue weighted by atomic mass is 15.4. The first-order valence-corrected chi connectivity index (χ1v) is 9.57. The van der Waals surface area contributed by atoms with E-state index in [2.05, 4.69) is 54.8 Å². The molecule has 5 rings (SSSR count). The summed E-state index contributed by atoms with van der Waals surface area (Å²) in [4.78, 5) is 11.5. The maximum Gasteiger partial charge on any atom is 0.225 e. The maximum atomic E-state index is 4.68. The van der Waals surface area contributed by atoms with Gasteiger partial charge in [0.2, 0.25) is 5.95 Å². The Morgan fingerprint density at radius 1 is 0.923 bits per heavy atom. The lowest BCUT2D eigenvalue weighted by Gasteiger charge is -2.17. The molecular formula is C19H23N7. The molecule has 7 nitrogen and oxygen atoms in total. The Hall–Kier alpha value is -2.70. The van der Waals surface area contributed by atoms with Crippen LogP contribution in [0.5, 0.6) is 0 Å². The second kappa shape index (κ2) is 6.55. The lowest BCUT2D eigenvalue weighted by molar-refractivity contribution is 0.744. The fraction of sp³-hybridized carbons (Fsp3) is 0.474. The summed E-state index contributed by atoms with van der Waals surface area (Å²) in [6.45, 7) is 2.30. The summed E-state index contributed by atoms with van der Waals surface area (Å²) >= 11 is 0. The van der Waals surface area contributed by atoms with E-state index in [4.69, 9.17) is 0 Å². The van der Waals surface area contributed by atoms with Gasteiger partial charge in [-0.05, 0) is 49.9 Å². The molecule has 1 aliphatic carbocycles. The van der Waals surface area contributed by atoms with Crippen LogP contribution in [0.25, 0.3) is 16.9 Å². The van der Waals surface area contributed by atoms with Crippen molar-refractivity contribution in [2.75, 3.05) is 23.3 Å². The van der Waals surface area contributed by atoms with Crippen LogP contribution in [-0.4, -0.2) is 44.1 Å². The minimum Gasteiger partial charge on any atom is -0.372 e.